The zero-order valence-corrected chi connectivity index (χ0v) is 11.3. The predicted molar refractivity (Wildman–Crippen MR) is 72.7 cm³/mol. The number of hydrogen-bond acceptors (Lipinski definition) is 4. The number of benzene rings is 1. The molecule has 0 spiro atoms. The molecule has 5 heteroatoms. The van der Waals surface area contributed by atoms with Crippen LogP contribution in [0.2, 0.25) is 0 Å². The Balaban J connectivity index is 2.55. The highest BCUT2D eigenvalue weighted by molar-refractivity contribution is 5.44. The number of nitriles is 1. The number of methoxy groups -OCH3 is 1. The van der Waals surface area contributed by atoms with Gasteiger partial charge in [-0.05, 0) is 23.3 Å². The van der Waals surface area contributed by atoms with E-state index in [2.05, 4.69) is 13.2 Å². The second kappa shape index (κ2) is 8.10. The number of nitrogens with zero attached hydrogens (tertiary/aromatic N) is 1. The van der Waals surface area contributed by atoms with Crippen LogP contribution in [0.25, 0.3) is 0 Å². The van der Waals surface area contributed by atoms with Gasteiger partial charge in [-0.1, -0.05) is 19.2 Å². The highest BCUT2D eigenvalue weighted by Gasteiger charge is 2.10. The molecule has 0 radical (unpaired) electrons. The van der Waals surface area contributed by atoms with Gasteiger partial charge >= 0.3 is 0 Å². The average molecular weight is 277 g/mol. The molecule has 0 aliphatic heterocycles. The number of hydrogen-bond donors (Lipinski definition) is 0. The fourth-order valence-electron chi connectivity index (χ4n) is 1.35. The lowest BCUT2D eigenvalue weighted by Crippen LogP contribution is -2.08. The molecular formula is C15H16FNO3. The van der Waals surface area contributed by atoms with Gasteiger partial charge in [0.2, 0.25) is 0 Å². The van der Waals surface area contributed by atoms with Crippen molar-refractivity contribution >= 4 is 0 Å². The standard InChI is InChI=1S/C15H16FNO3/c1-11(8-19-10-18-3)12(2)9-20-15-6-4-5-14(16)13(15)7-17/h4-6H,1-2,8-10H2,3H3. The van der Waals surface area contributed by atoms with Crippen LogP contribution in [0.15, 0.2) is 42.5 Å². The van der Waals surface area contributed by atoms with Crippen molar-refractivity contribution in [3.8, 4) is 11.8 Å². The Morgan fingerprint density at radius 2 is 2.00 bits per heavy atom. The Morgan fingerprint density at radius 1 is 1.30 bits per heavy atom. The number of halogens is 1. The van der Waals surface area contributed by atoms with E-state index in [9.17, 15) is 4.39 Å². The molecule has 0 saturated heterocycles. The van der Waals surface area contributed by atoms with Crippen LogP contribution in [0.1, 0.15) is 5.56 Å². The van der Waals surface area contributed by atoms with Crippen LogP contribution in [0.3, 0.4) is 0 Å². The summed E-state index contributed by atoms with van der Waals surface area (Å²) in [6, 6.07) is 5.98. The van der Waals surface area contributed by atoms with Crippen molar-refractivity contribution in [1.29, 1.82) is 5.26 Å². The smallest absolute Gasteiger partial charge is 0.146 e. The van der Waals surface area contributed by atoms with Gasteiger partial charge in [-0.15, -0.1) is 0 Å². The van der Waals surface area contributed by atoms with Gasteiger partial charge in [-0.25, -0.2) is 4.39 Å². The first-order valence-electron chi connectivity index (χ1n) is 5.84. The highest BCUT2D eigenvalue weighted by Crippen LogP contribution is 2.21. The summed E-state index contributed by atoms with van der Waals surface area (Å²) in [5.41, 5.74) is 1.13. The molecule has 0 amide bonds. The Hall–Kier alpha value is -2.16. The molecule has 0 bridgehead atoms. The van der Waals surface area contributed by atoms with E-state index in [1.807, 2.05) is 0 Å². The van der Waals surface area contributed by atoms with E-state index in [4.69, 9.17) is 19.5 Å². The molecule has 1 aromatic carbocycles. The molecule has 0 N–H and O–H groups in total. The summed E-state index contributed by atoms with van der Waals surface area (Å²) in [6.45, 7) is 8.14. The van der Waals surface area contributed by atoms with E-state index in [0.717, 1.165) is 0 Å². The molecule has 1 rings (SSSR count). The Labute approximate surface area is 117 Å². The summed E-state index contributed by atoms with van der Waals surface area (Å²) in [5, 5.41) is 8.87. The van der Waals surface area contributed by atoms with Gasteiger partial charge in [0.05, 0.1) is 6.61 Å². The third kappa shape index (κ3) is 4.50. The van der Waals surface area contributed by atoms with Gasteiger partial charge < -0.3 is 14.2 Å². The van der Waals surface area contributed by atoms with Gasteiger partial charge in [-0.3, -0.25) is 0 Å². The normalized spacial score (nSPS) is 9.85. The molecule has 1 aromatic rings. The number of ether oxygens (including phenoxy) is 3. The fourth-order valence-corrected chi connectivity index (χ4v) is 1.35. The van der Waals surface area contributed by atoms with E-state index in [-0.39, 0.29) is 31.3 Å². The van der Waals surface area contributed by atoms with Crippen LogP contribution in [0.4, 0.5) is 4.39 Å². The summed E-state index contributed by atoms with van der Waals surface area (Å²) in [4.78, 5) is 0. The topological polar surface area (TPSA) is 51.5 Å². The van der Waals surface area contributed by atoms with Crippen LogP contribution < -0.4 is 4.74 Å². The van der Waals surface area contributed by atoms with Gasteiger partial charge in [0.25, 0.3) is 0 Å². The summed E-state index contributed by atoms with van der Waals surface area (Å²) in [5.74, 6) is -0.433. The Morgan fingerprint density at radius 3 is 2.65 bits per heavy atom. The maximum absolute atomic E-state index is 13.4. The SMILES string of the molecule is C=C(COCOC)C(=C)COc1cccc(F)c1C#N. The molecule has 106 valence electrons. The van der Waals surface area contributed by atoms with E-state index in [0.29, 0.717) is 11.1 Å². The Bertz CT molecular complexity index is 534. The van der Waals surface area contributed by atoms with Crippen molar-refractivity contribution in [2.75, 3.05) is 27.1 Å². The number of rotatable bonds is 8. The molecule has 0 heterocycles. The van der Waals surface area contributed by atoms with Gasteiger partial charge in [0, 0.05) is 7.11 Å². The largest absolute Gasteiger partial charge is 0.487 e. The monoisotopic (exact) mass is 277 g/mol. The van der Waals surface area contributed by atoms with Crippen molar-refractivity contribution in [2.24, 2.45) is 0 Å². The summed E-state index contributed by atoms with van der Waals surface area (Å²) < 4.78 is 28.6. The summed E-state index contributed by atoms with van der Waals surface area (Å²) in [6.07, 6.45) is 0. The van der Waals surface area contributed by atoms with Crippen LogP contribution in [-0.4, -0.2) is 27.1 Å². The second-order valence-corrected chi connectivity index (χ2v) is 3.98. The van der Waals surface area contributed by atoms with Crippen molar-refractivity contribution in [1.82, 2.24) is 0 Å². The van der Waals surface area contributed by atoms with E-state index < -0.39 is 5.82 Å². The van der Waals surface area contributed by atoms with E-state index in [1.165, 1.54) is 25.3 Å². The second-order valence-electron chi connectivity index (χ2n) is 3.98. The molecule has 20 heavy (non-hydrogen) atoms. The van der Waals surface area contributed by atoms with Gasteiger partial charge in [0.15, 0.2) is 0 Å². The van der Waals surface area contributed by atoms with Gasteiger partial charge in [0.1, 0.15) is 36.6 Å². The maximum atomic E-state index is 13.4. The third-order valence-electron chi connectivity index (χ3n) is 2.47. The molecule has 0 fully saturated rings. The van der Waals surface area contributed by atoms with E-state index in [1.54, 1.807) is 6.07 Å². The first kappa shape index (κ1) is 15.9. The first-order chi connectivity index (χ1) is 9.60. The quantitative estimate of drug-likeness (QED) is 0.416. The minimum atomic E-state index is -0.613. The van der Waals surface area contributed by atoms with Crippen LogP contribution in [-0.2, 0) is 9.47 Å². The molecule has 0 aromatic heterocycles. The lowest BCUT2D eigenvalue weighted by molar-refractivity contribution is -0.0207. The molecule has 0 aliphatic carbocycles. The van der Waals surface area contributed by atoms with E-state index >= 15 is 0 Å². The minimum Gasteiger partial charge on any atom is -0.487 e. The predicted octanol–water partition coefficient (Wildman–Crippen LogP) is 2.81. The van der Waals surface area contributed by atoms with Gasteiger partial charge in [-0.2, -0.15) is 5.26 Å². The summed E-state index contributed by atoms with van der Waals surface area (Å²) in [7, 11) is 1.52. The molecule has 0 unspecified atom stereocenters. The first-order valence-corrected chi connectivity index (χ1v) is 5.84. The molecule has 0 saturated carbocycles. The van der Waals surface area contributed by atoms with Crippen LogP contribution in [0.5, 0.6) is 5.75 Å². The average Bonchev–Trinajstić information content (AvgIpc) is 2.44. The van der Waals surface area contributed by atoms with Crippen LogP contribution in [0, 0.1) is 17.1 Å². The highest BCUT2D eigenvalue weighted by atomic mass is 19.1. The van der Waals surface area contributed by atoms with Crippen molar-refractivity contribution < 1.29 is 18.6 Å². The summed E-state index contributed by atoms with van der Waals surface area (Å²) >= 11 is 0. The van der Waals surface area contributed by atoms with Crippen LogP contribution >= 0.6 is 0 Å². The lowest BCUT2D eigenvalue weighted by atomic mass is 10.1. The molecule has 0 atom stereocenters. The fraction of sp³-hybridized carbons (Fsp3) is 0.267. The third-order valence-corrected chi connectivity index (χ3v) is 2.47. The zero-order chi connectivity index (χ0) is 15.0. The van der Waals surface area contributed by atoms with Crippen molar-refractivity contribution in [3.05, 3.63) is 53.9 Å². The molecule has 4 nitrogen and oxygen atoms in total. The van der Waals surface area contributed by atoms with Crippen molar-refractivity contribution in [2.45, 2.75) is 0 Å². The minimum absolute atomic E-state index is 0.104. The molecular weight excluding hydrogens is 261 g/mol. The zero-order valence-electron chi connectivity index (χ0n) is 11.3. The maximum Gasteiger partial charge on any atom is 0.146 e. The Kier molecular flexibility index (Phi) is 6.44. The molecule has 0 aliphatic rings. The lowest BCUT2D eigenvalue weighted by Gasteiger charge is -2.12. The van der Waals surface area contributed by atoms with Crippen molar-refractivity contribution in [3.63, 3.8) is 0 Å².